The number of benzene rings is 1. The SMILES string of the molecule is CC(CNC(=O)c1ccoc1)Oc1ccc(CN2CCN(Cc3cccnc3)CC2)cc1. The van der Waals surface area contributed by atoms with Gasteiger partial charge in [0.1, 0.15) is 18.1 Å². The summed E-state index contributed by atoms with van der Waals surface area (Å²) in [6, 6.07) is 14.0. The van der Waals surface area contributed by atoms with E-state index in [-0.39, 0.29) is 12.0 Å². The highest BCUT2D eigenvalue weighted by atomic mass is 16.5. The van der Waals surface area contributed by atoms with E-state index in [9.17, 15) is 4.79 Å². The molecule has 168 valence electrons. The first kappa shape index (κ1) is 22.0. The number of pyridine rings is 1. The Morgan fingerprint density at radius 3 is 2.41 bits per heavy atom. The molecule has 1 aliphatic rings. The number of amides is 1. The van der Waals surface area contributed by atoms with Crippen molar-refractivity contribution >= 4 is 5.91 Å². The first-order valence-corrected chi connectivity index (χ1v) is 11.1. The van der Waals surface area contributed by atoms with Gasteiger partial charge in [-0.25, -0.2) is 0 Å². The molecule has 2 aromatic heterocycles. The fourth-order valence-corrected chi connectivity index (χ4v) is 3.79. The molecule has 7 heteroatoms. The number of nitrogens with zero attached hydrogens (tertiary/aromatic N) is 3. The maximum Gasteiger partial charge on any atom is 0.254 e. The number of hydrogen-bond acceptors (Lipinski definition) is 6. The lowest BCUT2D eigenvalue weighted by Gasteiger charge is -2.34. The van der Waals surface area contributed by atoms with Gasteiger partial charge in [-0.3, -0.25) is 19.6 Å². The van der Waals surface area contributed by atoms with E-state index in [2.05, 4.69) is 38.3 Å². The Labute approximate surface area is 189 Å². The van der Waals surface area contributed by atoms with Crippen LogP contribution in [0.2, 0.25) is 0 Å². The Morgan fingerprint density at radius 1 is 1.06 bits per heavy atom. The molecule has 0 aliphatic carbocycles. The van der Waals surface area contributed by atoms with Crippen molar-refractivity contribution < 1.29 is 13.9 Å². The van der Waals surface area contributed by atoms with E-state index < -0.39 is 0 Å². The fraction of sp³-hybridized carbons (Fsp3) is 0.360. The molecular weight excluding hydrogens is 404 g/mol. The lowest BCUT2D eigenvalue weighted by Crippen LogP contribution is -2.45. The highest BCUT2D eigenvalue weighted by Gasteiger charge is 2.17. The average Bonchev–Trinajstić information content (AvgIpc) is 3.36. The second-order valence-corrected chi connectivity index (χ2v) is 8.21. The van der Waals surface area contributed by atoms with Crippen molar-refractivity contribution in [3.8, 4) is 5.75 Å². The van der Waals surface area contributed by atoms with Crippen molar-refractivity contribution in [1.29, 1.82) is 0 Å². The minimum Gasteiger partial charge on any atom is -0.489 e. The summed E-state index contributed by atoms with van der Waals surface area (Å²) in [5.41, 5.74) is 3.06. The van der Waals surface area contributed by atoms with Crippen LogP contribution in [0, 0.1) is 0 Å². The number of nitrogens with one attached hydrogen (secondary N) is 1. The second kappa shape index (κ2) is 10.9. The van der Waals surface area contributed by atoms with Crippen LogP contribution >= 0.6 is 0 Å². The Balaban J connectivity index is 1.17. The van der Waals surface area contributed by atoms with Gasteiger partial charge in [-0.15, -0.1) is 0 Å². The van der Waals surface area contributed by atoms with Gasteiger partial charge in [-0.1, -0.05) is 18.2 Å². The van der Waals surface area contributed by atoms with Crippen LogP contribution in [0.4, 0.5) is 0 Å². The number of furan rings is 1. The largest absolute Gasteiger partial charge is 0.489 e. The Hall–Kier alpha value is -3.16. The third-order valence-electron chi connectivity index (χ3n) is 5.59. The standard InChI is InChI=1S/C25H30N4O3/c1-20(15-27-25(30)23-8-14-31-19-23)32-24-6-4-21(5-7-24)17-28-10-12-29(13-11-28)18-22-3-2-9-26-16-22/h2-9,14,16,19-20H,10-13,15,17-18H2,1H3,(H,27,30). The van der Waals surface area contributed by atoms with Crippen molar-refractivity contribution in [2.45, 2.75) is 26.1 Å². The average molecular weight is 435 g/mol. The molecule has 1 fully saturated rings. The molecule has 3 heterocycles. The molecule has 0 radical (unpaired) electrons. The van der Waals surface area contributed by atoms with Crippen molar-refractivity contribution in [3.63, 3.8) is 0 Å². The predicted molar refractivity (Wildman–Crippen MR) is 122 cm³/mol. The zero-order valence-corrected chi connectivity index (χ0v) is 18.4. The second-order valence-electron chi connectivity index (χ2n) is 8.21. The van der Waals surface area contributed by atoms with Crippen LogP contribution in [0.5, 0.6) is 5.75 Å². The third kappa shape index (κ3) is 6.42. The molecule has 7 nitrogen and oxygen atoms in total. The monoisotopic (exact) mass is 434 g/mol. The van der Waals surface area contributed by atoms with E-state index in [0.717, 1.165) is 45.0 Å². The highest BCUT2D eigenvalue weighted by molar-refractivity contribution is 5.93. The Bertz CT molecular complexity index is 953. The van der Waals surface area contributed by atoms with Gasteiger partial charge in [0.15, 0.2) is 0 Å². The normalized spacial score (nSPS) is 15.9. The summed E-state index contributed by atoms with van der Waals surface area (Å²) in [6.45, 7) is 8.53. The quantitative estimate of drug-likeness (QED) is 0.558. The molecule has 32 heavy (non-hydrogen) atoms. The molecule has 1 aliphatic heterocycles. The Morgan fingerprint density at radius 2 is 1.78 bits per heavy atom. The van der Waals surface area contributed by atoms with E-state index in [1.165, 1.54) is 23.7 Å². The zero-order chi connectivity index (χ0) is 22.2. The summed E-state index contributed by atoms with van der Waals surface area (Å²) < 4.78 is 10.9. The van der Waals surface area contributed by atoms with Gasteiger partial charge >= 0.3 is 0 Å². The van der Waals surface area contributed by atoms with E-state index in [4.69, 9.17) is 9.15 Å². The van der Waals surface area contributed by atoms with E-state index >= 15 is 0 Å². The minimum absolute atomic E-state index is 0.135. The molecule has 4 rings (SSSR count). The number of ether oxygens (including phenoxy) is 1. The molecule has 1 unspecified atom stereocenters. The Kier molecular flexibility index (Phi) is 7.53. The summed E-state index contributed by atoms with van der Waals surface area (Å²) in [5.74, 6) is 0.644. The third-order valence-corrected chi connectivity index (χ3v) is 5.59. The lowest BCUT2D eigenvalue weighted by molar-refractivity contribution is 0.0931. The molecule has 1 atom stereocenters. The number of piperazine rings is 1. The maximum atomic E-state index is 12.0. The molecule has 0 spiro atoms. The van der Waals surface area contributed by atoms with Gasteiger partial charge in [0, 0.05) is 51.7 Å². The van der Waals surface area contributed by atoms with Crippen LogP contribution in [-0.2, 0) is 13.1 Å². The van der Waals surface area contributed by atoms with Crippen LogP contribution in [0.3, 0.4) is 0 Å². The molecule has 1 N–H and O–H groups in total. The van der Waals surface area contributed by atoms with Crippen molar-refractivity contribution in [2.24, 2.45) is 0 Å². The van der Waals surface area contributed by atoms with Crippen molar-refractivity contribution in [1.82, 2.24) is 20.1 Å². The highest BCUT2D eigenvalue weighted by Crippen LogP contribution is 2.16. The fourth-order valence-electron chi connectivity index (χ4n) is 3.79. The number of carbonyl (C=O) groups excluding carboxylic acids is 1. The topological polar surface area (TPSA) is 70.8 Å². The summed E-state index contributed by atoms with van der Waals surface area (Å²) in [4.78, 5) is 21.1. The van der Waals surface area contributed by atoms with Crippen molar-refractivity contribution in [2.75, 3.05) is 32.7 Å². The van der Waals surface area contributed by atoms with Gasteiger partial charge in [-0.05, 0) is 42.3 Å². The van der Waals surface area contributed by atoms with Crippen molar-refractivity contribution in [3.05, 3.63) is 84.1 Å². The van der Waals surface area contributed by atoms with Crippen LogP contribution in [0.25, 0.3) is 0 Å². The lowest BCUT2D eigenvalue weighted by atomic mass is 10.2. The molecule has 0 bridgehead atoms. The number of aromatic nitrogens is 1. The zero-order valence-electron chi connectivity index (χ0n) is 18.4. The number of hydrogen-bond donors (Lipinski definition) is 1. The van der Waals surface area contributed by atoms with Gasteiger partial charge in [0.2, 0.25) is 0 Å². The maximum absolute atomic E-state index is 12.0. The molecule has 0 saturated carbocycles. The molecule has 3 aromatic rings. The van der Waals surface area contributed by atoms with Crippen LogP contribution in [0.1, 0.15) is 28.4 Å². The van der Waals surface area contributed by atoms with Gasteiger partial charge in [0.05, 0.1) is 18.4 Å². The molecule has 1 aromatic carbocycles. The van der Waals surface area contributed by atoms with Gasteiger partial charge in [-0.2, -0.15) is 0 Å². The summed E-state index contributed by atoms with van der Waals surface area (Å²) in [7, 11) is 0. The number of carbonyl (C=O) groups is 1. The smallest absolute Gasteiger partial charge is 0.254 e. The molecule has 1 saturated heterocycles. The van der Waals surface area contributed by atoms with Crippen LogP contribution < -0.4 is 10.1 Å². The van der Waals surface area contributed by atoms with Crippen LogP contribution in [-0.4, -0.2) is 59.5 Å². The van der Waals surface area contributed by atoms with E-state index in [0.29, 0.717) is 12.1 Å². The summed E-state index contributed by atoms with van der Waals surface area (Å²) in [6.07, 6.45) is 6.55. The van der Waals surface area contributed by atoms with E-state index in [1.807, 2.05) is 37.5 Å². The van der Waals surface area contributed by atoms with Gasteiger partial charge < -0.3 is 14.5 Å². The molecular formula is C25H30N4O3. The minimum atomic E-state index is -0.162. The summed E-state index contributed by atoms with van der Waals surface area (Å²) in [5, 5.41) is 2.85. The van der Waals surface area contributed by atoms with Crippen LogP contribution in [0.15, 0.2) is 71.8 Å². The first-order chi connectivity index (χ1) is 15.7. The van der Waals surface area contributed by atoms with Gasteiger partial charge in [0.25, 0.3) is 5.91 Å². The summed E-state index contributed by atoms with van der Waals surface area (Å²) >= 11 is 0. The number of rotatable bonds is 9. The molecule has 1 amide bonds. The predicted octanol–water partition coefficient (Wildman–Crippen LogP) is 3.19. The van der Waals surface area contributed by atoms with E-state index in [1.54, 1.807) is 6.07 Å². The first-order valence-electron chi connectivity index (χ1n) is 11.1.